The topological polar surface area (TPSA) is 124 Å². The number of rotatable bonds is 16. The fourth-order valence-corrected chi connectivity index (χ4v) is 6.23. The van der Waals surface area contributed by atoms with Crippen LogP contribution in [0.15, 0.2) is 71.6 Å². The summed E-state index contributed by atoms with van der Waals surface area (Å²) < 4.78 is 51.3. The molecule has 1 N–H and O–H groups in total. The van der Waals surface area contributed by atoms with E-state index in [0.717, 1.165) is 9.87 Å². The lowest BCUT2D eigenvalue weighted by molar-refractivity contribution is -0.139. The van der Waals surface area contributed by atoms with Crippen LogP contribution in [0.4, 0.5) is 5.69 Å². The zero-order valence-corrected chi connectivity index (χ0v) is 26.8. The van der Waals surface area contributed by atoms with Gasteiger partial charge in [0.05, 0.1) is 39.0 Å². The maximum absolute atomic E-state index is 14.4. The average molecular weight is 628 g/mol. The molecule has 0 radical (unpaired) electrons. The second kappa shape index (κ2) is 15.9. The van der Waals surface area contributed by atoms with Gasteiger partial charge >= 0.3 is 0 Å². The van der Waals surface area contributed by atoms with E-state index in [1.165, 1.54) is 57.6 Å². The molecule has 3 rings (SSSR count). The number of ether oxygens (including phenoxy) is 4. The molecule has 1 unspecified atom stereocenters. The average Bonchev–Trinajstić information content (AvgIpc) is 3.05. The van der Waals surface area contributed by atoms with E-state index in [2.05, 4.69) is 5.32 Å². The van der Waals surface area contributed by atoms with Crippen LogP contribution >= 0.6 is 0 Å². The summed E-state index contributed by atoms with van der Waals surface area (Å²) in [7, 11) is 1.29. The highest BCUT2D eigenvalue weighted by Gasteiger charge is 2.35. The minimum Gasteiger partial charge on any atom is -0.497 e. The lowest BCUT2D eigenvalue weighted by Crippen LogP contribution is -2.53. The van der Waals surface area contributed by atoms with Crippen LogP contribution in [-0.4, -0.2) is 79.2 Å². The van der Waals surface area contributed by atoms with Gasteiger partial charge in [0.15, 0.2) is 11.5 Å². The number of hydrogen-bond acceptors (Lipinski definition) is 8. The Morgan fingerprint density at radius 3 is 2.07 bits per heavy atom. The maximum Gasteiger partial charge on any atom is 0.265 e. The fourth-order valence-electron chi connectivity index (χ4n) is 4.80. The number of likely N-dealkylation sites (N-methyl/N-ethyl adjacent to an activating group) is 1. The summed E-state index contributed by atoms with van der Waals surface area (Å²) >= 11 is 0. The van der Waals surface area contributed by atoms with Crippen LogP contribution in [-0.2, 0) is 26.0 Å². The molecular formula is C32H41N3O8S. The monoisotopic (exact) mass is 627 g/mol. The van der Waals surface area contributed by atoms with Gasteiger partial charge in [-0.15, -0.1) is 0 Å². The molecular weight excluding hydrogens is 586 g/mol. The SMILES string of the molecule is CCNC(=O)C(CC)N(CCc1ccccc1)C(=O)CN(c1cc(OC)ccc1OC)S(=O)(=O)c1ccc(OC)c(OC)c1. The molecule has 11 nitrogen and oxygen atoms in total. The van der Waals surface area contributed by atoms with Crippen molar-refractivity contribution < 1.29 is 37.0 Å². The number of nitrogens with one attached hydrogen (secondary N) is 1. The third-order valence-corrected chi connectivity index (χ3v) is 8.85. The van der Waals surface area contributed by atoms with E-state index in [1.54, 1.807) is 19.1 Å². The smallest absolute Gasteiger partial charge is 0.265 e. The van der Waals surface area contributed by atoms with Gasteiger partial charge in [-0.3, -0.25) is 13.9 Å². The van der Waals surface area contributed by atoms with Gasteiger partial charge in [-0.2, -0.15) is 0 Å². The van der Waals surface area contributed by atoms with Crippen molar-refractivity contribution in [2.24, 2.45) is 0 Å². The van der Waals surface area contributed by atoms with Crippen molar-refractivity contribution in [2.45, 2.75) is 37.6 Å². The third kappa shape index (κ3) is 7.93. The molecule has 1 atom stereocenters. The number of carbonyl (C=O) groups excluding carboxylic acids is 2. The lowest BCUT2D eigenvalue weighted by Gasteiger charge is -2.33. The van der Waals surface area contributed by atoms with Gasteiger partial charge in [0.1, 0.15) is 24.1 Å². The van der Waals surface area contributed by atoms with Crippen LogP contribution in [0.5, 0.6) is 23.0 Å². The first-order valence-corrected chi connectivity index (χ1v) is 15.7. The van der Waals surface area contributed by atoms with Crippen molar-refractivity contribution in [1.29, 1.82) is 0 Å². The molecule has 44 heavy (non-hydrogen) atoms. The van der Waals surface area contributed by atoms with Gasteiger partial charge in [-0.25, -0.2) is 8.42 Å². The Bertz CT molecular complexity index is 1520. The van der Waals surface area contributed by atoms with Crippen molar-refractivity contribution in [2.75, 3.05) is 52.4 Å². The lowest BCUT2D eigenvalue weighted by atomic mass is 10.1. The van der Waals surface area contributed by atoms with Gasteiger partial charge in [-0.05, 0) is 49.6 Å². The second-order valence-electron chi connectivity index (χ2n) is 9.71. The van der Waals surface area contributed by atoms with Crippen LogP contribution in [0.25, 0.3) is 0 Å². The Kier molecular flexibility index (Phi) is 12.3. The predicted octanol–water partition coefficient (Wildman–Crippen LogP) is 3.90. The maximum atomic E-state index is 14.4. The molecule has 0 spiro atoms. The summed E-state index contributed by atoms with van der Waals surface area (Å²) in [4.78, 5) is 28.7. The molecule has 3 aromatic rings. The highest BCUT2D eigenvalue weighted by Crippen LogP contribution is 2.37. The van der Waals surface area contributed by atoms with Crippen molar-refractivity contribution in [3.63, 3.8) is 0 Å². The first-order chi connectivity index (χ1) is 21.1. The molecule has 0 heterocycles. The number of amides is 2. The highest BCUT2D eigenvalue weighted by atomic mass is 32.2. The van der Waals surface area contributed by atoms with Crippen molar-refractivity contribution >= 4 is 27.5 Å². The zero-order valence-electron chi connectivity index (χ0n) is 26.0. The quantitative estimate of drug-likeness (QED) is 0.254. The molecule has 238 valence electrons. The van der Waals surface area contributed by atoms with E-state index in [1.807, 2.05) is 37.3 Å². The minimum absolute atomic E-state index is 0.0871. The number of hydrogen-bond donors (Lipinski definition) is 1. The van der Waals surface area contributed by atoms with E-state index >= 15 is 0 Å². The third-order valence-electron chi connectivity index (χ3n) is 7.10. The first-order valence-electron chi connectivity index (χ1n) is 14.2. The van der Waals surface area contributed by atoms with Crippen molar-refractivity contribution in [3.8, 4) is 23.0 Å². The van der Waals surface area contributed by atoms with Crippen LogP contribution in [0.2, 0.25) is 0 Å². The van der Waals surface area contributed by atoms with Crippen molar-refractivity contribution in [1.82, 2.24) is 10.2 Å². The van der Waals surface area contributed by atoms with E-state index in [9.17, 15) is 18.0 Å². The predicted molar refractivity (Wildman–Crippen MR) is 168 cm³/mol. The number of methoxy groups -OCH3 is 4. The van der Waals surface area contributed by atoms with Gasteiger partial charge in [0.2, 0.25) is 11.8 Å². The minimum atomic E-state index is -4.41. The number of carbonyl (C=O) groups is 2. The van der Waals surface area contributed by atoms with Crippen LogP contribution in [0, 0.1) is 0 Å². The molecule has 0 aliphatic heterocycles. The van der Waals surface area contributed by atoms with Crippen LogP contribution in [0.1, 0.15) is 25.8 Å². The van der Waals surface area contributed by atoms with Gasteiger partial charge in [0.25, 0.3) is 10.0 Å². The zero-order chi connectivity index (χ0) is 32.3. The fraction of sp³-hybridized carbons (Fsp3) is 0.375. The number of benzene rings is 3. The Morgan fingerprint density at radius 2 is 1.48 bits per heavy atom. The second-order valence-corrected chi connectivity index (χ2v) is 11.6. The largest absolute Gasteiger partial charge is 0.497 e. The Morgan fingerprint density at radius 1 is 0.818 bits per heavy atom. The van der Waals surface area contributed by atoms with Crippen LogP contribution < -0.4 is 28.6 Å². The van der Waals surface area contributed by atoms with E-state index < -0.39 is 28.5 Å². The normalized spacial score (nSPS) is 11.7. The molecule has 0 fully saturated rings. The summed E-state index contributed by atoms with van der Waals surface area (Å²) in [5.74, 6) is 0.222. The summed E-state index contributed by atoms with van der Waals surface area (Å²) in [6.45, 7) is 3.57. The highest BCUT2D eigenvalue weighted by molar-refractivity contribution is 7.92. The molecule has 2 amide bonds. The van der Waals surface area contributed by atoms with Crippen molar-refractivity contribution in [3.05, 3.63) is 72.3 Å². The molecule has 0 saturated heterocycles. The van der Waals surface area contributed by atoms with E-state index in [-0.39, 0.29) is 34.5 Å². The summed E-state index contributed by atoms with van der Waals surface area (Å²) in [6.07, 6.45) is 0.796. The molecule has 0 saturated carbocycles. The molecule has 0 aliphatic rings. The molecule has 0 aromatic heterocycles. The van der Waals surface area contributed by atoms with E-state index in [4.69, 9.17) is 18.9 Å². The molecule has 0 aliphatic carbocycles. The van der Waals surface area contributed by atoms with Gasteiger partial charge in [0, 0.05) is 25.2 Å². The van der Waals surface area contributed by atoms with Crippen LogP contribution in [0.3, 0.4) is 0 Å². The number of nitrogens with zero attached hydrogens (tertiary/aromatic N) is 2. The summed E-state index contributed by atoms with van der Waals surface area (Å²) in [5, 5.41) is 2.80. The van der Waals surface area contributed by atoms with Gasteiger partial charge in [-0.1, -0.05) is 37.3 Å². The molecule has 3 aromatic carbocycles. The molecule has 12 heteroatoms. The molecule has 0 bridgehead atoms. The Balaban J connectivity index is 2.15. The Hall–Kier alpha value is -4.45. The number of sulfonamides is 1. The van der Waals surface area contributed by atoms with E-state index in [0.29, 0.717) is 30.9 Å². The summed E-state index contributed by atoms with van der Waals surface area (Å²) in [6, 6.07) is 17.6. The van der Waals surface area contributed by atoms with Gasteiger partial charge < -0.3 is 29.2 Å². The Labute approximate surface area is 259 Å². The standard InChI is InChI=1S/C32H41N3O8S/c1-7-26(32(37)33-8-2)34(19-18-23-12-10-9-11-13-23)31(36)22-35(27-20-24(40-3)14-16-28(27)41-4)44(38,39)25-15-17-29(42-5)30(21-25)43-6/h9-17,20-21,26H,7-8,18-19,22H2,1-6H3,(H,33,37). The first kappa shape index (κ1) is 34.0. The number of anilines is 1. The summed E-state index contributed by atoms with van der Waals surface area (Å²) in [5.41, 5.74) is 1.06.